The van der Waals surface area contributed by atoms with E-state index in [1.54, 1.807) is 24.3 Å². The van der Waals surface area contributed by atoms with Gasteiger partial charge >= 0.3 is 6.09 Å². The van der Waals surface area contributed by atoms with Crippen LogP contribution in [0.15, 0.2) is 59.6 Å². The molecule has 0 aliphatic heterocycles. The maximum absolute atomic E-state index is 11.3. The van der Waals surface area contributed by atoms with E-state index in [-0.39, 0.29) is 6.67 Å². The normalized spacial score (nSPS) is 9.33. The Labute approximate surface area is 121 Å². The van der Waals surface area contributed by atoms with Crippen LogP contribution in [0, 0.1) is 0 Å². The van der Waals surface area contributed by atoms with E-state index < -0.39 is 6.09 Å². The molecule has 2 aromatic rings. The van der Waals surface area contributed by atoms with Crippen molar-refractivity contribution in [3.63, 3.8) is 0 Å². The number of carbonyl (C=O) groups is 1. The number of ether oxygens (including phenoxy) is 2. The van der Waals surface area contributed by atoms with E-state index in [0.717, 1.165) is 5.75 Å². The average molecular weight is 284 g/mol. The van der Waals surface area contributed by atoms with Gasteiger partial charge in [0.05, 0.1) is 0 Å². The highest BCUT2D eigenvalue weighted by molar-refractivity contribution is 5.70. The van der Waals surface area contributed by atoms with Crippen LogP contribution in [0.5, 0.6) is 17.2 Å². The first-order valence-corrected chi connectivity index (χ1v) is 6.10. The van der Waals surface area contributed by atoms with Crippen LogP contribution < -0.4 is 14.8 Å². The minimum Gasteiger partial charge on any atom is -0.457 e. The third kappa shape index (κ3) is 4.81. The van der Waals surface area contributed by atoms with Crippen LogP contribution in [0.3, 0.4) is 0 Å². The summed E-state index contributed by atoms with van der Waals surface area (Å²) in [7, 11) is 0. The summed E-state index contributed by atoms with van der Waals surface area (Å²) in [6, 6.07) is 15.9. The summed E-state index contributed by atoms with van der Waals surface area (Å²) in [5.41, 5.74) is 0. The molecule has 106 valence electrons. The number of carbonyl (C=O) groups excluding carboxylic acids is 2. The maximum atomic E-state index is 11.3. The number of rotatable bonds is 5. The molecule has 1 amide bonds. The Morgan fingerprint density at radius 1 is 1.00 bits per heavy atom. The molecule has 0 atom stereocenters. The molecule has 0 spiro atoms. The fourth-order valence-corrected chi connectivity index (χ4v) is 1.48. The molecule has 2 aromatic carbocycles. The van der Waals surface area contributed by atoms with Crippen molar-refractivity contribution in [2.45, 2.75) is 0 Å². The van der Waals surface area contributed by atoms with Crippen molar-refractivity contribution >= 4 is 12.2 Å². The lowest BCUT2D eigenvalue weighted by molar-refractivity contribution is 0.201. The van der Waals surface area contributed by atoms with Crippen LogP contribution in [0.4, 0.5) is 4.79 Å². The Hall–Kier alpha value is -3.11. The van der Waals surface area contributed by atoms with E-state index in [1.165, 1.54) is 6.08 Å². The first kappa shape index (κ1) is 14.3. The van der Waals surface area contributed by atoms with Crippen LogP contribution in [0.1, 0.15) is 0 Å². The van der Waals surface area contributed by atoms with Crippen molar-refractivity contribution in [1.29, 1.82) is 0 Å². The van der Waals surface area contributed by atoms with Gasteiger partial charge in [0, 0.05) is 0 Å². The Balaban J connectivity index is 1.90. The number of nitrogens with one attached hydrogen (secondary N) is 1. The number of benzene rings is 2. The number of hydrogen-bond donors (Lipinski definition) is 1. The summed E-state index contributed by atoms with van der Waals surface area (Å²) in [6.07, 6.45) is 0.603. The largest absolute Gasteiger partial charge is 0.457 e. The molecule has 0 aromatic heterocycles. The lowest BCUT2D eigenvalue weighted by atomic mass is 10.3. The van der Waals surface area contributed by atoms with E-state index in [2.05, 4.69) is 10.3 Å². The Kier molecular flexibility index (Phi) is 5.09. The number of para-hydroxylation sites is 1. The summed E-state index contributed by atoms with van der Waals surface area (Å²) in [4.78, 5) is 24.3. The lowest BCUT2D eigenvalue weighted by Crippen LogP contribution is -2.26. The van der Waals surface area contributed by atoms with Crippen LogP contribution in [-0.2, 0) is 4.79 Å². The van der Waals surface area contributed by atoms with Gasteiger partial charge in [-0.25, -0.2) is 9.59 Å². The molecule has 0 heterocycles. The topological polar surface area (TPSA) is 77.0 Å². The van der Waals surface area contributed by atoms with Gasteiger partial charge in [-0.15, -0.1) is 0 Å². The minimum atomic E-state index is -0.703. The summed E-state index contributed by atoms with van der Waals surface area (Å²) < 4.78 is 10.6. The molecule has 0 saturated heterocycles. The highest BCUT2D eigenvalue weighted by atomic mass is 16.6. The molecular formula is C15H12N2O4. The Bertz CT molecular complexity index is 634. The molecular weight excluding hydrogens is 272 g/mol. The number of nitrogens with zero attached hydrogens (tertiary/aromatic N) is 1. The van der Waals surface area contributed by atoms with Gasteiger partial charge in [-0.3, -0.25) is 0 Å². The summed E-state index contributed by atoms with van der Waals surface area (Å²) in [5.74, 6) is 1.69. The molecule has 2 rings (SSSR count). The molecule has 0 aliphatic rings. The van der Waals surface area contributed by atoms with E-state index in [0.29, 0.717) is 11.5 Å². The van der Waals surface area contributed by atoms with Gasteiger partial charge in [-0.1, -0.05) is 18.2 Å². The molecule has 0 aliphatic carbocycles. The van der Waals surface area contributed by atoms with E-state index >= 15 is 0 Å². The SMILES string of the molecule is O=C=NCNC(=O)Oc1ccc(Oc2ccccc2)cc1. The average Bonchev–Trinajstić information content (AvgIpc) is 2.51. The van der Waals surface area contributed by atoms with E-state index in [1.807, 2.05) is 30.3 Å². The fraction of sp³-hybridized carbons (Fsp3) is 0.0667. The van der Waals surface area contributed by atoms with Crippen LogP contribution in [0.25, 0.3) is 0 Å². The van der Waals surface area contributed by atoms with Gasteiger partial charge in [0.15, 0.2) is 0 Å². The molecule has 6 nitrogen and oxygen atoms in total. The fourth-order valence-electron chi connectivity index (χ4n) is 1.48. The van der Waals surface area contributed by atoms with Gasteiger partial charge in [0.2, 0.25) is 6.08 Å². The van der Waals surface area contributed by atoms with Crippen molar-refractivity contribution in [1.82, 2.24) is 5.32 Å². The minimum absolute atomic E-state index is 0.169. The molecule has 0 unspecified atom stereocenters. The molecule has 1 N–H and O–H groups in total. The third-order valence-corrected chi connectivity index (χ3v) is 2.38. The van der Waals surface area contributed by atoms with Crippen molar-refractivity contribution in [3.05, 3.63) is 54.6 Å². The molecule has 0 fully saturated rings. The van der Waals surface area contributed by atoms with E-state index in [9.17, 15) is 9.59 Å². The number of isocyanates is 1. The predicted molar refractivity (Wildman–Crippen MR) is 75.1 cm³/mol. The smallest absolute Gasteiger partial charge is 0.414 e. The monoisotopic (exact) mass is 284 g/mol. The second-order valence-corrected chi connectivity index (χ2v) is 3.86. The highest BCUT2D eigenvalue weighted by Crippen LogP contribution is 2.23. The van der Waals surface area contributed by atoms with Gasteiger partial charge in [0.25, 0.3) is 0 Å². The van der Waals surface area contributed by atoms with Crippen LogP contribution in [-0.4, -0.2) is 18.8 Å². The quantitative estimate of drug-likeness (QED) is 0.676. The second-order valence-electron chi connectivity index (χ2n) is 3.86. The Morgan fingerprint density at radius 2 is 1.62 bits per heavy atom. The zero-order valence-corrected chi connectivity index (χ0v) is 11.0. The highest BCUT2D eigenvalue weighted by Gasteiger charge is 2.03. The summed E-state index contributed by atoms with van der Waals surface area (Å²) >= 11 is 0. The molecule has 21 heavy (non-hydrogen) atoms. The van der Waals surface area contributed by atoms with Crippen LogP contribution in [0.2, 0.25) is 0 Å². The number of amides is 1. The van der Waals surface area contributed by atoms with Gasteiger partial charge < -0.3 is 14.8 Å². The second kappa shape index (κ2) is 7.47. The predicted octanol–water partition coefficient (Wildman–Crippen LogP) is 2.86. The zero-order valence-electron chi connectivity index (χ0n) is 11.0. The Morgan fingerprint density at radius 3 is 2.29 bits per heavy atom. The van der Waals surface area contributed by atoms with Crippen LogP contribution >= 0.6 is 0 Å². The first-order valence-electron chi connectivity index (χ1n) is 6.10. The molecule has 6 heteroatoms. The van der Waals surface area contributed by atoms with Crippen molar-refractivity contribution < 1.29 is 19.1 Å². The van der Waals surface area contributed by atoms with Crippen molar-refractivity contribution in [3.8, 4) is 17.2 Å². The maximum Gasteiger partial charge on any atom is 0.414 e. The van der Waals surface area contributed by atoms with Gasteiger partial charge in [-0.2, -0.15) is 4.99 Å². The molecule has 0 saturated carbocycles. The van der Waals surface area contributed by atoms with Crippen molar-refractivity contribution in [2.24, 2.45) is 4.99 Å². The number of hydrogen-bond acceptors (Lipinski definition) is 5. The van der Waals surface area contributed by atoms with Crippen molar-refractivity contribution in [2.75, 3.05) is 6.67 Å². The standard InChI is InChI=1S/C15H12N2O4/c18-11-16-10-17-15(19)21-14-8-6-13(7-9-14)20-12-4-2-1-3-5-12/h1-9H,10H2,(H,17,19). The molecule has 0 bridgehead atoms. The lowest BCUT2D eigenvalue weighted by Gasteiger charge is -2.07. The number of aliphatic imine (C=N–C) groups is 1. The first-order chi connectivity index (χ1) is 10.3. The summed E-state index contributed by atoms with van der Waals surface area (Å²) in [5, 5.41) is 2.26. The zero-order chi connectivity index (χ0) is 14.9. The third-order valence-electron chi connectivity index (χ3n) is 2.38. The van der Waals surface area contributed by atoms with Gasteiger partial charge in [-0.05, 0) is 36.4 Å². The van der Waals surface area contributed by atoms with E-state index in [4.69, 9.17) is 9.47 Å². The summed E-state index contributed by atoms with van der Waals surface area (Å²) in [6.45, 7) is -0.169. The van der Waals surface area contributed by atoms with Gasteiger partial charge in [0.1, 0.15) is 23.9 Å². The molecule has 0 radical (unpaired) electrons.